The van der Waals surface area contributed by atoms with Crippen molar-refractivity contribution in [2.24, 2.45) is 0 Å². The Balaban J connectivity index is 0.000000701. The molecule has 2 amide bonds. The van der Waals surface area contributed by atoms with Crippen LogP contribution in [0.2, 0.25) is 0 Å². The summed E-state index contributed by atoms with van der Waals surface area (Å²) in [5.41, 5.74) is 2.21. The van der Waals surface area contributed by atoms with Crippen molar-refractivity contribution in [3.05, 3.63) is 29.8 Å². The number of amides is 2. The van der Waals surface area contributed by atoms with Gasteiger partial charge in [0, 0.05) is 31.2 Å². The number of imide groups is 1. The lowest BCUT2D eigenvalue weighted by molar-refractivity contribution is -0.134. The summed E-state index contributed by atoms with van der Waals surface area (Å²) in [6, 6.07) is 8.87. The van der Waals surface area contributed by atoms with E-state index in [4.69, 9.17) is 9.90 Å². The molecular weight excluding hydrogens is 322 g/mol. The van der Waals surface area contributed by atoms with Gasteiger partial charge in [-0.05, 0) is 44.0 Å². The predicted octanol–water partition coefficient (Wildman–Crippen LogP) is 1.10. The van der Waals surface area contributed by atoms with E-state index in [1.54, 1.807) is 0 Å². The first-order chi connectivity index (χ1) is 12.1. The Bertz CT molecular complexity index is 595. The number of carboxylic acid groups (broad SMARTS) is 1. The number of piperidine rings is 2. The first-order valence-electron chi connectivity index (χ1n) is 8.52. The van der Waals surface area contributed by atoms with E-state index < -0.39 is 0 Å². The highest BCUT2D eigenvalue weighted by atomic mass is 16.3. The van der Waals surface area contributed by atoms with E-state index in [2.05, 4.69) is 27.7 Å². The van der Waals surface area contributed by atoms with E-state index in [0.717, 1.165) is 31.5 Å². The van der Waals surface area contributed by atoms with E-state index in [1.807, 2.05) is 19.2 Å². The largest absolute Gasteiger partial charge is 0.483 e. The summed E-state index contributed by atoms with van der Waals surface area (Å²) in [6.45, 7) is 1.87. The zero-order valence-electron chi connectivity index (χ0n) is 14.4. The molecule has 25 heavy (non-hydrogen) atoms. The number of hydrogen-bond donors (Lipinski definition) is 3. The van der Waals surface area contributed by atoms with Crippen LogP contribution in [0.4, 0.5) is 5.69 Å². The molecule has 1 atom stereocenters. The van der Waals surface area contributed by atoms with Crippen LogP contribution < -0.4 is 15.5 Å². The minimum atomic E-state index is -0.250. The second kappa shape index (κ2) is 9.17. The summed E-state index contributed by atoms with van der Waals surface area (Å²) in [6.07, 6.45) is 3.35. The predicted molar refractivity (Wildman–Crippen MR) is 94.6 cm³/mol. The van der Waals surface area contributed by atoms with Crippen molar-refractivity contribution in [3.63, 3.8) is 0 Å². The molecule has 2 aliphatic heterocycles. The lowest BCUT2D eigenvalue weighted by Crippen LogP contribution is -2.41. The minimum Gasteiger partial charge on any atom is -0.483 e. The van der Waals surface area contributed by atoms with Gasteiger partial charge in [0.15, 0.2) is 0 Å². The van der Waals surface area contributed by atoms with Gasteiger partial charge < -0.3 is 15.3 Å². The number of anilines is 1. The molecule has 0 radical (unpaired) electrons. The first kappa shape index (κ1) is 18.9. The summed E-state index contributed by atoms with van der Waals surface area (Å²) in [5, 5.41) is 12.6. The van der Waals surface area contributed by atoms with Gasteiger partial charge in [0.2, 0.25) is 11.8 Å². The van der Waals surface area contributed by atoms with E-state index in [0.29, 0.717) is 18.9 Å². The summed E-state index contributed by atoms with van der Waals surface area (Å²) >= 11 is 0. The summed E-state index contributed by atoms with van der Waals surface area (Å²) < 4.78 is 0. The topological polar surface area (TPSA) is 98.7 Å². The molecule has 1 aromatic carbocycles. The molecule has 2 heterocycles. The molecule has 0 aliphatic carbocycles. The van der Waals surface area contributed by atoms with E-state index in [-0.39, 0.29) is 24.2 Å². The van der Waals surface area contributed by atoms with E-state index in [1.165, 1.54) is 5.69 Å². The molecule has 136 valence electrons. The standard InChI is InChI=1S/C17H23N3O2.CH2O2/c1-18-13-8-10-20(11-9-13)14-4-2-12(3-5-14)15-6-7-16(21)19-17(15)22;2-1-3/h2-5,13,15,18H,6-11H2,1H3,(H,19,21,22);1H,(H,2,3). The van der Waals surface area contributed by atoms with E-state index in [9.17, 15) is 9.59 Å². The molecule has 0 spiro atoms. The molecule has 2 saturated heterocycles. The summed E-state index contributed by atoms with van der Waals surface area (Å²) in [5.74, 6) is -0.522. The van der Waals surface area contributed by atoms with Crippen molar-refractivity contribution in [3.8, 4) is 0 Å². The van der Waals surface area contributed by atoms with Crippen LogP contribution in [0.1, 0.15) is 37.2 Å². The molecule has 0 aromatic heterocycles. The molecule has 2 fully saturated rings. The van der Waals surface area contributed by atoms with Crippen LogP contribution in [-0.2, 0) is 14.4 Å². The van der Waals surface area contributed by atoms with Crippen LogP contribution in [0.15, 0.2) is 24.3 Å². The lowest BCUT2D eigenvalue weighted by atomic mass is 9.90. The molecule has 1 unspecified atom stereocenters. The molecule has 3 rings (SSSR count). The van der Waals surface area contributed by atoms with Gasteiger partial charge in [-0.3, -0.25) is 19.7 Å². The van der Waals surface area contributed by atoms with E-state index >= 15 is 0 Å². The maximum atomic E-state index is 11.9. The summed E-state index contributed by atoms with van der Waals surface area (Å²) in [7, 11) is 2.02. The zero-order valence-corrected chi connectivity index (χ0v) is 14.4. The van der Waals surface area contributed by atoms with Crippen molar-refractivity contribution in [2.75, 3.05) is 25.0 Å². The molecule has 0 saturated carbocycles. The molecule has 1 aromatic rings. The van der Waals surface area contributed by atoms with Crippen LogP contribution in [0.3, 0.4) is 0 Å². The second-order valence-corrected chi connectivity index (χ2v) is 6.25. The molecular formula is C18H25N3O4. The highest BCUT2D eigenvalue weighted by Gasteiger charge is 2.28. The Morgan fingerprint density at radius 1 is 1.16 bits per heavy atom. The van der Waals surface area contributed by atoms with Crippen LogP contribution in [-0.4, -0.2) is 49.6 Å². The van der Waals surface area contributed by atoms with Crippen LogP contribution in [0, 0.1) is 0 Å². The third-order valence-corrected chi connectivity index (χ3v) is 4.80. The molecule has 3 N–H and O–H groups in total. The number of benzene rings is 1. The Labute approximate surface area is 147 Å². The maximum absolute atomic E-state index is 11.9. The average Bonchev–Trinajstić information content (AvgIpc) is 2.63. The monoisotopic (exact) mass is 347 g/mol. The molecule has 7 nitrogen and oxygen atoms in total. The first-order valence-corrected chi connectivity index (χ1v) is 8.52. The quantitative estimate of drug-likeness (QED) is 0.559. The maximum Gasteiger partial charge on any atom is 0.290 e. The van der Waals surface area contributed by atoms with Gasteiger partial charge in [-0.1, -0.05) is 12.1 Å². The van der Waals surface area contributed by atoms with Gasteiger partial charge >= 0.3 is 0 Å². The van der Waals surface area contributed by atoms with Crippen LogP contribution >= 0.6 is 0 Å². The van der Waals surface area contributed by atoms with Crippen molar-refractivity contribution in [1.82, 2.24) is 10.6 Å². The summed E-state index contributed by atoms with van der Waals surface area (Å²) in [4.78, 5) is 33.9. The lowest BCUT2D eigenvalue weighted by Gasteiger charge is -2.33. The Hall–Kier alpha value is -2.41. The second-order valence-electron chi connectivity index (χ2n) is 6.25. The fourth-order valence-electron chi connectivity index (χ4n) is 3.36. The molecule has 7 heteroatoms. The third-order valence-electron chi connectivity index (χ3n) is 4.80. The Kier molecular flexibility index (Phi) is 6.94. The number of carbonyl (C=O) groups is 3. The van der Waals surface area contributed by atoms with Crippen LogP contribution in [0.25, 0.3) is 0 Å². The fourth-order valence-corrected chi connectivity index (χ4v) is 3.36. The highest BCUT2D eigenvalue weighted by molar-refractivity contribution is 6.00. The minimum absolute atomic E-state index is 0.162. The van der Waals surface area contributed by atoms with Gasteiger partial charge in [0.25, 0.3) is 6.47 Å². The van der Waals surface area contributed by atoms with Crippen molar-refractivity contribution in [2.45, 2.75) is 37.6 Å². The number of nitrogens with zero attached hydrogens (tertiary/aromatic N) is 1. The molecule has 2 aliphatic rings. The number of hydrogen-bond acceptors (Lipinski definition) is 5. The van der Waals surface area contributed by atoms with Crippen molar-refractivity contribution >= 4 is 24.0 Å². The van der Waals surface area contributed by atoms with Gasteiger partial charge in [-0.25, -0.2) is 0 Å². The van der Waals surface area contributed by atoms with Crippen molar-refractivity contribution < 1.29 is 19.5 Å². The van der Waals surface area contributed by atoms with Crippen LogP contribution in [0.5, 0.6) is 0 Å². The Morgan fingerprint density at radius 2 is 1.76 bits per heavy atom. The van der Waals surface area contributed by atoms with Gasteiger partial charge in [-0.15, -0.1) is 0 Å². The van der Waals surface area contributed by atoms with Gasteiger partial charge in [0.1, 0.15) is 0 Å². The average molecular weight is 347 g/mol. The zero-order chi connectivity index (χ0) is 18.2. The van der Waals surface area contributed by atoms with Gasteiger partial charge in [0.05, 0.1) is 5.92 Å². The SMILES string of the molecule is CNC1CCN(c2ccc(C3CCC(=O)NC3=O)cc2)CC1.O=CO. The molecule has 0 bridgehead atoms. The van der Waals surface area contributed by atoms with Crippen molar-refractivity contribution in [1.29, 1.82) is 0 Å². The Morgan fingerprint density at radius 3 is 2.28 bits per heavy atom. The number of nitrogens with one attached hydrogen (secondary N) is 2. The van der Waals surface area contributed by atoms with Gasteiger partial charge in [-0.2, -0.15) is 0 Å². The fraction of sp³-hybridized carbons (Fsp3) is 0.500. The third kappa shape index (κ3) is 5.03. The smallest absolute Gasteiger partial charge is 0.290 e. The number of carbonyl (C=O) groups excluding carboxylic acids is 2. The highest BCUT2D eigenvalue weighted by Crippen LogP contribution is 2.27. The normalized spacial score (nSPS) is 21.2. The number of rotatable bonds is 3.